The fourth-order valence-electron chi connectivity index (χ4n) is 4.08. The van der Waals surface area contributed by atoms with Crippen molar-refractivity contribution in [2.24, 2.45) is 0 Å². The first-order chi connectivity index (χ1) is 14.4. The Bertz CT molecular complexity index is 910. The predicted molar refractivity (Wildman–Crippen MR) is 119 cm³/mol. The number of ether oxygens (including phenoxy) is 1. The van der Waals surface area contributed by atoms with Crippen molar-refractivity contribution in [1.29, 1.82) is 0 Å². The minimum absolute atomic E-state index is 0.102. The lowest BCUT2D eigenvalue weighted by atomic mass is 9.67. The lowest BCUT2D eigenvalue weighted by Crippen LogP contribution is -2.44. The molecule has 1 saturated carbocycles. The van der Waals surface area contributed by atoms with Gasteiger partial charge in [0.1, 0.15) is 5.76 Å². The third-order valence-corrected chi connectivity index (χ3v) is 5.71. The first-order valence-electron chi connectivity index (χ1n) is 10.3. The highest BCUT2D eigenvalue weighted by atomic mass is 16.5. The van der Waals surface area contributed by atoms with Crippen LogP contribution in [0.4, 0.5) is 0 Å². The SMILES string of the molecule is COC1=CC=CC=C(C(=O)NCC2(c3ccccc3)CCC(=O)/C(=C\N(C)C)C2)C1. The average molecular weight is 407 g/mol. The zero-order chi connectivity index (χ0) is 21.6. The number of allylic oxidation sites excluding steroid dienone is 6. The van der Waals surface area contributed by atoms with E-state index in [9.17, 15) is 9.59 Å². The van der Waals surface area contributed by atoms with Crippen LogP contribution in [0, 0.1) is 0 Å². The summed E-state index contributed by atoms with van der Waals surface area (Å²) in [7, 11) is 5.46. The molecule has 158 valence electrons. The van der Waals surface area contributed by atoms with E-state index in [1.807, 2.05) is 67.7 Å². The van der Waals surface area contributed by atoms with Gasteiger partial charge in [0.15, 0.2) is 5.78 Å². The summed E-state index contributed by atoms with van der Waals surface area (Å²) in [6.07, 6.45) is 11.6. The number of nitrogens with zero attached hydrogens (tertiary/aromatic N) is 1. The van der Waals surface area contributed by atoms with Crippen LogP contribution >= 0.6 is 0 Å². The van der Waals surface area contributed by atoms with Crippen molar-refractivity contribution in [1.82, 2.24) is 10.2 Å². The van der Waals surface area contributed by atoms with E-state index in [4.69, 9.17) is 4.74 Å². The maximum atomic E-state index is 13.0. The molecule has 1 unspecified atom stereocenters. The number of hydrogen-bond acceptors (Lipinski definition) is 4. The quantitative estimate of drug-likeness (QED) is 0.733. The predicted octanol–water partition coefficient (Wildman–Crippen LogP) is 3.66. The number of amides is 1. The van der Waals surface area contributed by atoms with Crippen LogP contribution in [0.1, 0.15) is 31.2 Å². The molecule has 2 aliphatic rings. The standard InChI is InChI=1S/C25H30N2O3/c1-27(2)17-20-16-25(14-13-23(20)28,21-10-5-4-6-11-21)18-26-24(29)19-9-7-8-12-22(15-19)30-3/h4-12,17H,13-16,18H2,1-3H3,(H,26,29)/b20-17-. The maximum absolute atomic E-state index is 13.0. The highest BCUT2D eigenvalue weighted by molar-refractivity contribution is 5.97. The van der Waals surface area contributed by atoms with Crippen LogP contribution in [0.15, 0.2) is 77.7 Å². The van der Waals surface area contributed by atoms with Crippen molar-refractivity contribution in [2.45, 2.75) is 31.1 Å². The monoisotopic (exact) mass is 406 g/mol. The van der Waals surface area contributed by atoms with Gasteiger partial charge in [0.25, 0.3) is 0 Å². The molecule has 2 aliphatic carbocycles. The van der Waals surface area contributed by atoms with Gasteiger partial charge >= 0.3 is 0 Å². The van der Waals surface area contributed by atoms with Gasteiger partial charge in [-0.1, -0.05) is 48.6 Å². The Kier molecular flexibility index (Phi) is 6.93. The minimum atomic E-state index is -0.312. The van der Waals surface area contributed by atoms with Gasteiger partial charge in [-0.05, 0) is 24.5 Å². The molecule has 5 nitrogen and oxygen atoms in total. The van der Waals surface area contributed by atoms with E-state index in [1.54, 1.807) is 7.11 Å². The Labute approximate surface area is 178 Å². The molecule has 0 saturated heterocycles. The molecule has 0 aromatic heterocycles. The number of benzene rings is 1. The van der Waals surface area contributed by atoms with E-state index < -0.39 is 0 Å². The number of ketones is 1. The van der Waals surface area contributed by atoms with Crippen molar-refractivity contribution in [2.75, 3.05) is 27.7 Å². The Morgan fingerprint density at radius 3 is 2.63 bits per heavy atom. The van der Waals surface area contributed by atoms with Gasteiger partial charge in [-0.3, -0.25) is 9.59 Å². The zero-order valence-electron chi connectivity index (χ0n) is 18.0. The summed E-state index contributed by atoms with van der Waals surface area (Å²) in [5.41, 5.74) is 2.31. The topological polar surface area (TPSA) is 58.6 Å². The highest BCUT2D eigenvalue weighted by Crippen LogP contribution is 2.40. The minimum Gasteiger partial charge on any atom is -0.501 e. The molecule has 1 atom stereocenters. The lowest BCUT2D eigenvalue weighted by molar-refractivity contribution is -0.118. The summed E-state index contributed by atoms with van der Waals surface area (Å²) in [6.45, 7) is 0.473. The van der Waals surface area contributed by atoms with Crippen molar-refractivity contribution in [3.8, 4) is 0 Å². The number of nitrogens with one attached hydrogen (secondary N) is 1. The van der Waals surface area contributed by atoms with E-state index in [0.29, 0.717) is 37.8 Å². The van der Waals surface area contributed by atoms with Gasteiger partial charge in [0, 0.05) is 56.2 Å². The van der Waals surface area contributed by atoms with Gasteiger partial charge < -0.3 is 15.0 Å². The average Bonchev–Trinajstić information content (AvgIpc) is 3.00. The molecule has 1 aromatic rings. The largest absolute Gasteiger partial charge is 0.501 e. The molecule has 3 rings (SSSR count). The smallest absolute Gasteiger partial charge is 0.247 e. The Morgan fingerprint density at radius 1 is 1.20 bits per heavy atom. The van der Waals surface area contributed by atoms with Gasteiger partial charge in [-0.15, -0.1) is 0 Å². The van der Waals surface area contributed by atoms with E-state index >= 15 is 0 Å². The molecule has 0 aliphatic heterocycles. The number of rotatable bonds is 6. The summed E-state index contributed by atoms with van der Waals surface area (Å²) in [5, 5.41) is 3.15. The first kappa shape index (κ1) is 21.6. The van der Waals surface area contributed by atoms with Gasteiger partial charge in [0.05, 0.1) is 7.11 Å². The molecule has 1 aromatic carbocycles. The van der Waals surface area contributed by atoms with Crippen molar-refractivity contribution < 1.29 is 14.3 Å². The molecule has 0 spiro atoms. The lowest BCUT2D eigenvalue weighted by Gasteiger charge is -2.39. The first-order valence-corrected chi connectivity index (χ1v) is 10.3. The molecular formula is C25H30N2O3. The normalized spacial score (nSPS) is 22.8. The molecule has 0 bridgehead atoms. The fourth-order valence-corrected chi connectivity index (χ4v) is 4.08. The molecule has 0 radical (unpaired) electrons. The fraction of sp³-hybridized carbons (Fsp3) is 0.360. The Morgan fingerprint density at radius 2 is 1.93 bits per heavy atom. The summed E-state index contributed by atoms with van der Waals surface area (Å²) < 4.78 is 5.34. The number of Topliss-reactive ketones (excluding diaryl/α,β-unsaturated/α-hetero) is 1. The van der Waals surface area contributed by atoms with Crippen molar-refractivity contribution >= 4 is 11.7 Å². The molecule has 0 heterocycles. The van der Waals surface area contributed by atoms with Crippen LogP contribution in [-0.4, -0.2) is 44.3 Å². The summed E-state index contributed by atoms with van der Waals surface area (Å²) >= 11 is 0. The van der Waals surface area contributed by atoms with Crippen LogP contribution in [0.5, 0.6) is 0 Å². The van der Waals surface area contributed by atoms with E-state index in [0.717, 1.165) is 16.9 Å². The van der Waals surface area contributed by atoms with Gasteiger partial charge in [0.2, 0.25) is 5.91 Å². The Balaban J connectivity index is 1.83. The molecule has 5 heteroatoms. The van der Waals surface area contributed by atoms with E-state index in [1.165, 1.54) is 0 Å². The second kappa shape index (κ2) is 9.61. The molecule has 1 amide bonds. The third-order valence-electron chi connectivity index (χ3n) is 5.71. The van der Waals surface area contributed by atoms with Crippen LogP contribution in [-0.2, 0) is 19.7 Å². The number of methoxy groups -OCH3 is 1. The molecule has 1 fully saturated rings. The summed E-state index contributed by atoms with van der Waals surface area (Å²) in [5.74, 6) is 0.838. The van der Waals surface area contributed by atoms with Crippen molar-refractivity contribution in [3.05, 3.63) is 83.3 Å². The zero-order valence-corrected chi connectivity index (χ0v) is 18.0. The van der Waals surface area contributed by atoms with E-state index in [-0.39, 0.29) is 17.1 Å². The molecular weight excluding hydrogens is 376 g/mol. The van der Waals surface area contributed by atoms with Crippen LogP contribution in [0.3, 0.4) is 0 Å². The second-order valence-corrected chi connectivity index (χ2v) is 8.14. The maximum Gasteiger partial charge on any atom is 0.247 e. The van der Waals surface area contributed by atoms with Gasteiger partial charge in [-0.2, -0.15) is 0 Å². The Hall–Kier alpha value is -3.08. The van der Waals surface area contributed by atoms with Crippen LogP contribution in [0.25, 0.3) is 0 Å². The third kappa shape index (κ3) is 5.09. The van der Waals surface area contributed by atoms with Crippen LogP contribution in [0.2, 0.25) is 0 Å². The van der Waals surface area contributed by atoms with Crippen molar-refractivity contribution in [3.63, 3.8) is 0 Å². The molecule has 30 heavy (non-hydrogen) atoms. The second-order valence-electron chi connectivity index (χ2n) is 8.14. The summed E-state index contributed by atoms with van der Waals surface area (Å²) in [6, 6.07) is 10.2. The molecule has 1 N–H and O–H groups in total. The van der Waals surface area contributed by atoms with Crippen LogP contribution < -0.4 is 5.32 Å². The highest BCUT2D eigenvalue weighted by Gasteiger charge is 2.39. The van der Waals surface area contributed by atoms with Gasteiger partial charge in [-0.25, -0.2) is 0 Å². The van der Waals surface area contributed by atoms with E-state index in [2.05, 4.69) is 17.4 Å². The number of carbonyl (C=O) groups is 2. The number of hydrogen-bond donors (Lipinski definition) is 1. The summed E-state index contributed by atoms with van der Waals surface area (Å²) in [4.78, 5) is 27.4. The number of carbonyl (C=O) groups excluding carboxylic acids is 2.